The van der Waals surface area contributed by atoms with Crippen molar-refractivity contribution in [1.82, 2.24) is 4.98 Å². The Morgan fingerprint density at radius 3 is 2.67 bits per heavy atom. The first-order valence-electron chi connectivity index (χ1n) is 2.31. The van der Waals surface area contributed by atoms with Crippen molar-refractivity contribution < 1.29 is 5.11 Å². The van der Waals surface area contributed by atoms with E-state index in [0.29, 0.717) is 10.4 Å². The molecular formula is C5H5BrN2O. The molecule has 3 nitrogen and oxygen atoms in total. The van der Waals surface area contributed by atoms with E-state index < -0.39 is 0 Å². The van der Waals surface area contributed by atoms with Gasteiger partial charge in [0.1, 0.15) is 16.2 Å². The van der Waals surface area contributed by atoms with E-state index in [1.807, 2.05) is 0 Å². The molecule has 0 aromatic carbocycles. The first-order chi connectivity index (χ1) is 4.20. The van der Waals surface area contributed by atoms with Gasteiger partial charge in [0.15, 0.2) is 0 Å². The second-order valence-electron chi connectivity index (χ2n) is 1.55. The fourth-order valence-electron chi connectivity index (χ4n) is 0.441. The van der Waals surface area contributed by atoms with Crippen LogP contribution in [0.5, 0.6) is 5.75 Å². The summed E-state index contributed by atoms with van der Waals surface area (Å²) >= 11 is 3.00. The number of nitrogens with two attached hydrogens (primary N) is 1. The van der Waals surface area contributed by atoms with Gasteiger partial charge in [-0.2, -0.15) is 0 Å². The minimum atomic E-state index is 0.101. The summed E-state index contributed by atoms with van der Waals surface area (Å²) < 4.78 is 0.377. The van der Waals surface area contributed by atoms with Crippen molar-refractivity contribution in [2.75, 3.05) is 5.73 Å². The lowest BCUT2D eigenvalue weighted by molar-refractivity contribution is 0.469. The van der Waals surface area contributed by atoms with Crippen LogP contribution in [0, 0.1) is 0 Å². The zero-order chi connectivity index (χ0) is 6.85. The second kappa shape index (κ2) is 2.23. The van der Waals surface area contributed by atoms with Gasteiger partial charge in [-0.25, -0.2) is 4.98 Å². The van der Waals surface area contributed by atoms with E-state index in [2.05, 4.69) is 20.9 Å². The molecule has 0 saturated carbocycles. The normalized spacial score (nSPS) is 9.44. The number of halogens is 1. The number of nitrogen functional groups attached to an aromatic ring is 1. The van der Waals surface area contributed by atoms with E-state index in [9.17, 15) is 0 Å². The van der Waals surface area contributed by atoms with Crippen LogP contribution in [-0.2, 0) is 0 Å². The SMILES string of the molecule is Nc1ccc(O)c(Br)n1. The number of rotatable bonds is 0. The molecule has 1 aromatic heterocycles. The molecule has 4 heteroatoms. The van der Waals surface area contributed by atoms with Crippen LogP contribution in [0.1, 0.15) is 0 Å². The third kappa shape index (κ3) is 1.32. The maximum absolute atomic E-state index is 8.88. The van der Waals surface area contributed by atoms with E-state index in [-0.39, 0.29) is 5.75 Å². The smallest absolute Gasteiger partial charge is 0.150 e. The van der Waals surface area contributed by atoms with Crippen LogP contribution in [0.4, 0.5) is 5.82 Å². The molecule has 9 heavy (non-hydrogen) atoms. The zero-order valence-corrected chi connectivity index (χ0v) is 6.09. The summed E-state index contributed by atoms with van der Waals surface area (Å²) in [5.74, 6) is 0.490. The zero-order valence-electron chi connectivity index (χ0n) is 4.50. The quantitative estimate of drug-likeness (QED) is 0.601. The molecule has 1 heterocycles. The number of nitrogens with zero attached hydrogens (tertiary/aromatic N) is 1. The predicted molar refractivity (Wildman–Crippen MR) is 38.0 cm³/mol. The lowest BCUT2D eigenvalue weighted by atomic mass is 10.4. The summed E-state index contributed by atoms with van der Waals surface area (Å²) in [7, 11) is 0. The van der Waals surface area contributed by atoms with Crippen LogP contribution in [0.2, 0.25) is 0 Å². The summed E-state index contributed by atoms with van der Waals surface area (Å²) in [6.45, 7) is 0. The molecule has 0 radical (unpaired) electrons. The van der Waals surface area contributed by atoms with E-state index in [0.717, 1.165) is 0 Å². The van der Waals surface area contributed by atoms with E-state index in [1.54, 1.807) is 0 Å². The van der Waals surface area contributed by atoms with Crippen molar-refractivity contribution in [3.8, 4) is 5.75 Å². The van der Waals surface area contributed by atoms with Crippen molar-refractivity contribution in [2.24, 2.45) is 0 Å². The van der Waals surface area contributed by atoms with Crippen LogP contribution >= 0.6 is 15.9 Å². The minimum Gasteiger partial charge on any atom is -0.505 e. The van der Waals surface area contributed by atoms with Gasteiger partial charge in [0.05, 0.1) is 0 Å². The highest BCUT2D eigenvalue weighted by atomic mass is 79.9. The number of pyridine rings is 1. The van der Waals surface area contributed by atoms with Gasteiger partial charge in [0.25, 0.3) is 0 Å². The molecule has 0 saturated heterocycles. The minimum absolute atomic E-state index is 0.101. The van der Waals surface area contributed by atoms with E-state index >= 15 is 0 Å². The maximum Gasteiger partial charge on any atom is 0.150 e. The van der Waals surface area contributed by atoms with E-state index in [1.165, 1.54) is 12.1 Å². The van der Waals surface area contributed by atoms with Crippen LogP contribution in [-0.4, -0.2) is 10.1 Å². The fraction of sp³-hybridized carbons (Fsp3) is 0. The van der Waals surface area contributed by atoms with Gasteiger partial charge in [-0.15, -0.1) is 0 Å². The Hall–Kier alpha value is -0.770. The highest BCUT2D eigenvalue weighted by Crippen LogP contribution is 2.20. The molecule has 0 aliphatic carbocycles. The summed E-state index contributed by atoms with van der Waals surface area (Å²) in [6, 6.07) is 3.01. The Morgan fingerprint density at radius 1 is 1.56 bits per heavy atom. The largest absolute Gasteiger partial charge is 0.505 e. The maximum atomic E-state index is 8.88. The first kappa shape index (κ1) is 6.35. The topological polar surface area (TPSA) is 59.1 Å². The molecule has 0 spiro atoms. The molecule has 0 atom stereocenters. The summed E-state index contributed by atoms with van der Waals surface area (Å²) in [6.07, 6.45) is 0. The Labute approximate surface area is 60.7 Å². The van der Waals surface area contributed by atoms with Crippen LogP contribution in [0.3, 0.4) is 0 Å². The van der Waals surface area contributed by atoms with Gasteiger partial charge in [-0.05, 0) is 28.1 Å². The van der Waals surface area contributed by atoms with Crippen molar-refractivity contribution >= 4 is 21.7 Å². The van der Waals surface area contributed by atoms with Gasteiger partial charge >= 0.3 is 0 Å². The van der Waals surface area contributed by atoms with Gasteiger partial charge < -0.3 is 10.8 Å². The molecular weight excluding hydrogens is 184 g/mol. The average Bonchev–Trinajstić information content (AvgIpc) is 1.80. The number of aromatic nitrogens is 1. The number of hydrogen-bond donors (Lipinski definition) is 2. The lowest BCUT2D eigenvalue weighted by Crippen LogP contribution is -1.88. The van der Waals surface area contributed by atoms with Crippen LogP contribution in [0.15, 0.2) is 16.7 Å². The molecule has 3 N–H and O–H groups in total. The summed E-state index contributed by atoms with van der Waals surface area (Å²) in [4.78, 5) is 3.72. The predicted octanol–water partition coefficient (Wildman–Crippen LogP) is 1.13. The van der Waals surface area contributed by atoms with Crippen molar-refractivity contribution in [1.29, 1.82) is 0 Å². The molecule has 0 fully saturated rings. The number of anilines is 1. The Kier molecular flexibility index (Phi) is 1.57. The lowest BCUT2D eigenvalue weighted by Gasteiger charge is -1.94. The molecule has 0 amide bonds. The summed E-state index contributed by atoms with van der Waals surface area (Å²) in [5.41, 5.74) is 5.28. The number of aromatic hydroxyl groups is 1. The summed E-state index contributed by atoms with van der Waals surface area (Å²) in [5, 5.41) is 8.88. The van der Waals surface area contributed by atoms with Crippen LogP contribution < -0.4 is 5.73 Å². The second-order valence-corrected chi connectivity index (χ2v) is 2.30. The van der Waals surface area contributed by atoms with Crippen molar-refractivity contribution in [3.63, 3.8) is 0 Å². The Morgan fingerprint density at radius 2 is 2.22 bits per heavy atom. The van der Waals surface area contributed by atoms with Crippen molar-refractivity contribution in [3.05, 3.63) is 16.7 Å². The standard InChI is InChI=1S/C5H5BrN2O/c6-5-3(9)1-2-4(7)8-5/h1-2,9H,(H2,7,8). The molecule has 48 valence electrons. The highest BCUT2D eigenvalue weighted by Gasteiger charge is 1.95. The van der Waals surface area contributed by atoms with Crippen LogP contribution in [0.25, 0.3) is 0 Å². The highest BCUT2D eigenvalue weighted by molar-refractivity contribution is 9.10. The average molecular weight is 189 g/mol. The first-order valence-corrected chi connectivity index (χ1v) is 3.10. The monoisotopic (exact) mass is 188 g/mol. The van der Waals surface area contributed by atoms with Crippen molar-refractivity contribution in [2.45, 2.75) is 0 Å². The van der Waals surface area contributed by atoms with Gasteiger partial charge in [0.2, 0.25) is 0 Å². The molecule has 0 aliphatic rings. The molecule has 0 aliphatic heterocycles. The molecule has 0 bridgehead atoms. The van der Waals surface area contributed by atoms with Gasteiger partial charge in [-0.3, -0.25) is 0 Å². The Balaban J connectivity index is 3.17. The molecule has 0 unspecified atom stereocenters. The van der Waals surface area contributed by atoms with Gasteiger partial charge in [-0.1, -0.05) is 0 Å². The molecule has 1 aromatic rings. The van der Waals surface area contributed by atoms with E-state index in [4.69, 9.17) is 10.8 Å². The number of hydrogen-bond acceptors (Lipinski definition) is 3. The van der Waals surface area contributed by atoms with Gasteiger partial charge in [0, 0.05) is 0 Å². The fourth-order valence-corrected chi connectivity index (χ4v) is 0.778. The third-order valence-electron chi connectivity index (χ3n) is 0.851. The third-order valence-corrected chi connectivity index (χ3v) is 1.43. The molecule has 1 rings (SSSR count). The Bertz CT molecular complexity index is 226.